The minimum atomic E-state index is -0.325. The van der Waals surface area contributed by atoms with Gasteiger partial charge in [-0.15, -0.1) is 0 Å². The Morgan fingerprint density at radius 1 is 1.07 bits per heavy atom. The molecule has 0 radical (unpaired) electrons. The Labute approximate surface area is 177 Å². The molecule has 0 bridgehead atoms. The van der Waals surface area contributed by atoms with Gasteiger partial charge in [0.25, 0.3) is 5.91 Å². The zero-order valence-corrected chi connectivity index (χ0v) is 17.7. The van der Waals surface area contributed by atoms with Crippen LogP contribution in [0.15, 0.2) is 42.6 Å². The molecular formula is C23H28N4O3. The Hall–Kier alpha value is -3.09. The first-order valence-electron chi connectivity index (χ1n) is 10.5. The highest BCUT2D eigenvalue weighted by Crippen LogP contribution is 2.27. The van der Waals surface area contributed by atoms with Gasteiger partial charge in [-0.25, -0.2) is 9.78 Å². The fourth-order valence-electron chi connectivity index (χ4n) is 3.96. The van der Waals surface area contributed by atoms with Crippen LogP contribution in [0, 0.1) is 12.8 Å². The monoisotopic (exact) mass is 408 g/mol. The van der Waals surface area contributed by atoms with Gasteiger partial charge in [-0.1, -0.05) is 19.9 Å². The van der Waals surface area contributed by atoms with Crippen LogP contribution in [0.2, 0.25) is 0 Å². The molecule has 2 aromatic rings. The predicted octanol–water partition coefficient (Wildman–Crippen LogP) is 3.33. The lowest BCUT2D eigenvalue weighted by molar-refractivity contribution is 0.0746. The average Bonchev–Trinajstić information content (AvgIpc) is 3.16. The van der Waals surface area contributed by atoms with Gasteiger partial charge < -0.3 is 14.5 Å². The van der Waals surface area contributed by atoms with Gasteiger partial charge in [0, 0.05) is 43.6 Å². The lowest BCUT2D eigenvalue weighted by Crippen LogP contribution is -2.49. The van der Waals surface area contributed by atoms with Crippen LogP contribution in [0.1, 0.15) is 29.8 Å². The third-order valence-corrected chi connectivity index (χ3v) is 5.85. The summed E-state index contributed by atoms with van der Waals surface area (Å²) in [5.41, 5.74) is 2.54. The summed E-state index contributed by atoms with van der Waals surface area (Å²) in [4.78, 5) is 35.3. The van der Waals surface area contributed by atoms with Crippen LogP contribution in [-0.2, 0) is 4.74 Å². The summed E-state index contributed by atoms with van der Waals surface area (Å²) < 4.78 is 5.22. The molecule has 158 valence electrons. The van der Waals surface area contributed by atoms with Crippen LogP contribution in [0.5, 0.6) is 0 Å². The number of cyclic esters (lactones) is 1. The molecule has 4 rings (SSSR count). The molecular weight excluding hydrogens is 380 g/mol. The number of aryl methyl sites for hydroxylation is 1. The summed E-state index contributed by atoms with van der Waals surface area (Å²) in [6.07, 6.45) is 1.54. The van der Waals surface area contributed by atoms with E-state index < -0.39 is 0 Å². The minimum Gasteiger partial charge on any atom is -0.447 e. The molecule has 0 saturated carbocycles. The summed E-state index contributed by atoms with van der Waals surface area (Å²) in [7, 11) is 0. The zero-order valence-electron chi connectivity index (χ0n) is 17.7. The fourth-order valence-corrected chi connectivity index (χ4v) is 3.96. The van der Waals surface area contributed by atoms with Gasteiger partial charge in [-0.05, 0) is 48.7 Å². The van der Waals surface area contributed by atoms with Gasteiger partial charge in [-0.2, -0.15) is 0 Å². The van der Waals surface area contributed by atoms with Crippen molar-refractivity contribution < 1.29 is 14.3 Å². The van der Waals surface area contributed by atoms with Crippen LogP contribution < -0.4 is 9.80 Å². The van der Waals surface area contributed by atoms with E-state index in [1.54, 1.807) is 17.0 Å². The number of aromatic nitrogens is 1. The second-order valence-electron chi connectivity index (χ2n) is 8.28. The molecule has 0 unspecified atom stereocenters. The summed E-state index contributed by atoms with van der Waals surface area (Å²) in [6.45, 7) is 9.40. The van der Waals surface area contributed by atoms with E-state index in [1.807, 2.05) is 36.2 Å². The van der Waals surface area contributed by atoms with E-state index in [0.717, 1.165) is 30.2 Å². The molecule has 2 saturated heterocycles. The van der Waals surface area contributed by atoms with E-state index in [4.69, 9.17) is 4.74 Å². The SMILES string of the molecule is Cc1ccc(N2CCN(C(=O)c3ccc(N4C(=O)OC[C@H]4C(C)C)cc3)CC2)nc1. The highest BCUT2D eigenvalue weighted by atomic mass is 16.6. The number of hydrogen-bond donors (Lipinski definition) is 0. The third-order valence-electron chi connectivity index (χ3n) is 5.85. The van der Waals surface area contributed by atoms with Crippen LogP contribution in [0.25, 0.3) is 0 Å². The highest BCUT2D eigenvalue weighted by Gasteiger charge is 2.36. The molecule has 2 aliphatic heterocycles. The quantitative estimate of drug-likeness (QED) is 0.776. The molecule has 1 atom stereocenters. The van der Waals surface area contributed by atoms with Crippen LogP contribution >= 0.6 is 0 Å². The lowest BCUT2D eigenvalue weighted by Gasteiger charge is -2.35. The van der Waals surface area contributed by atoms with Crippen molar-refractivity contribution in [3.8, 4) is 0 Å². The molecule has 0 spiro atoms. The number of benzene rings is 1. The smallest absolute Gasteiger partial charge is 0.414 e. The molecule has 2 fully saturated rings. The second kappa shape index (κ2) is 8.34. The van der Waals surface area contributed by atoms with Crippen molar-refractivity contribution in [1.82, 2.24) is 9.88 Å². The number of carbonyl (C=O) groups excluding carboxylic acids is 2. The van der Waals surface area contributed by atoms with Crippen LogP contribution in [0.3, 0.4) is 0 Å². The number of piperazine rings is 1. The Morgan fingerprint density at radius 2 is 1.77 bits per heavy atom. The molecule has 7 heteroatoms. The summed E-state index contributed by atoms with van der Waals surface area (Å²) >= 11 is 0. The molecule has 1 aromatic heterocycles. The van der Waals surface area contributed by atoms with E-state index in [-0.39, 0.29) is 24.0 Å². The number of rotatable bonds is 4. The van der Waals surface area contributed by atoms with E-state index in [2.05, 4.69) is 29.8 Å². The normalized spacial score (nSPS) is 19.4. The van der Waals surface area contributed by atoms with Crippen molar-refractivity contribution in [2.75, 3.05) is 42.6 Å². The summed E-state index contributed by atoms with van der Waals surface area (Å²) in [5, 5.41) is 0. The van der Waals surface area contributed by atoms with Crippen molar-refractivity contribution in [2.45, 2.75) is 26.8 Å². The van der Waals surface area contributed by atoms with Gasteiger partial charge in [0.1, 0.15) is 12.4 Å². The number of amides is 2. The van der Waals surface area contributed by atoms with Crippen molar-refractivity contribution in [1.29, 1.82) is 0 Å². The highest BCUT2D eigenvalue weighted by molar-refractivity contribution is 5.96. The van der Waals surface area contributed by atoms with E-state index in [1.165, 1.54) is 0 Å². The molecule has 0 aliphatic carbocycles. The van der Waals surface area contributed by atoms with Crippen molar-refractivity contribution in [2.24, 2.45) is 5.92 Å². The number of ether oxygens (including phenoxy) is 1. The third kappa shape index (κ3) is 3.97. The standard InChI is InChI=1S/C23H28N4O3/c1-16(2)20-15-30-23(29)27(20)19-7-5-18(6-8-19)22(28)26-12-10-25(11-13-26)21-9-4-17(3)14-24-21/h4-9,14,16,20H,10-13,15H2,1-3H3/t20-/m0/s1. The van der Waals surface area contributed by atoms with Crippen LogP contribution in [0.4, 0.5) is 16.3 Å². The molecule has 1 aromatic carbocycles. The van der Waals surface area contributed by atoms with Gasteiger partial charge >= 0.3 is 6.09 Å². The zero-order chi connectivity index (χ0) is 21.3. The number of pyridine rings is 1. The first kappa shape index (κ1) is 20.2. The molecule has 2 aliphatic rings. The maximum absolute atomic E-state index is 12.9. The predicted molar refractivity (Wildman–Crippen MR) is 116 cm³/mol. The lowest BCUT2D eigenvalue weighted by atomic mass is 10.0. The van der Waals surface area contributed by atoms with Gasteiger partial charge in [0.2, 0.25) is 0 Å². The van der Waals surface area contributed by atoms with E-state index in [0.29, 0.717) is 25.3 Å². The summed E-state index contributed by atoms with van der Waals surface area (Å²) in [5.74, 6) is 1.26. The van der Waals surface area contributed by atoms with Crippen LogP contribution in [-0.4, -0.2) is 60.7 Å². The van der Waals surface area contributed by atoms with Gasteiger partial charge in [0.15, 0.2) is 0 Å². The first-order valence-corrected chi connectivity index (χ1v) is 10.5. The van der Waals surface area contributed by atoms with Crippen molar-refractivity contribution >= 4 is 23.5 Å². The molecule has 7 nitrogen and oxygen atoms in total. The summed E-state index contributed by atoms with van der Waals surface area (Å²) in [6, 6.07) is 11.4. The largest absolute Gasteiger partial charge is 0.447 e. The minimum absolute atomic E-state index is 0.0162. The fraction of sp³-hybridized carbons (Fsp3) is 0.435. The Bertz CT molecular complexity index is 903. The number of anilines is 2. The maximum atomic E-state index is 12.9. The molecule has 0 N–H and O–H groups in total. The Balaban J connectivity index is 1.40. The average molecular weight is 409 g/mol. The number of nitrogens with zero attached hydrogens (tertiary/aromatic N) is 4. The molecule has 2 amide bonds. The topological polar surface area (TPSA) is 66.0 Å². The van der Waals surface area contributed by atoms with Crippen molar-refractivity contribution in [3.05, 3.63) is 53.7 Å². The van der Waals surface area contributed by atoms with E-state index >= 15 is 0 Å². The molecule has 30 heavy (non-hydrogen) atoms. The first-order chi connectivity index (χ1) is 14.4. The number of carbonyl (C=O) groups is 2. The Morgan fingerprint density at radius 3 is 2.37 bits per heavy atom. The second-order valence-corrected chi connectivity index (χ2v) is 8.28. The molecule has 3 heterocycles. The maximum Gasteiger partial charge on any atom is 0.414 e. The van der Waals surface area contributed by atoms with E-state index in [9.17, 15) is 9.59 Å². The van der Waals surface area contributed by atoms with Crippen molar-refractivity contribution in [3.63, 3.8) is 0 Å². The Kier molecular flexibility index (Phi) is 5.61. The van der Waals surface area contributed by atoms with Gasteiger partial charge in [-0.3, -0.25) is 9.69 Å². The van der Waals surface area contributed by atoms with Gasteiger partial charge in [0.05, 0.1) is 6.04 Å². The number of hydrogen-bond acceptors (Lipinski definition) is 5.